The fourth-order valence-electron chi connectivity index (χ4n) is 4.23. The van der Waals surface area contributed by atoms with Crippen LogP contribution in [0.2, 0.25) is 0 Å². The lowest BCUT2D eigenvalue weighted by molar-refractivity contribution is -0.141. The van der Waals surface area contributed by atoms with Gasteiger partial charge in [-0.25, -0.2) is 0 Å². The number of carbonyl (C=O) groups excluding carboxylic acids is 1. The Kier molecular flexibility index (Phi) is 6.56. The number of fused-ring (bicyclic) bond motifs is 1. The molecule has 0 bridgehead atoms. The van der Waals surface area contributed by atoms with E-state index in [9.17, 15) is 14.7 Å². The van der Waals surface area contributed by atoms with Crippen molar-refractivity contribution in [1.82, 2.24) is 0 Å². The third kappa shape index (κ3) is 5.29. The standard InChI is InChI=1S/C30H22N2O5/c31-18-19-6-15-27-25(16-19)26(30(34)35)17-28(37-27)36-24-13-9-22(10-14-24)29(33)32-23-11-7-21(8-12-23)20-4-2-1-3-5-20/h1-16,26,28H,17H2,(H,32,33)(H,34,35). The number of rotatable bonds is 6. The summed E-state index contributed by atoms with van der Waals surface area (Å²) in [5, 5.41) is 21.7. The van der Waals surface area contributed by atoms with Gasteiger partial charge in [0, 0.05) is 23.2 Å². The maximum atomic E-state index is 12.7. The first-order valence-corrected chi connectivity index (χ1v) is 11.7. The van der Waals surface area contributed by atoms with Gasteiger partial charge in [0.1, 0.15) is 11.5 Å². The van der Waals surface area contributed by atoms with Crippen molar-refractivity contribution < 1.29 is 24.2 Å². The lowest BCUT2D eigenvalue weighted by Gasteiger charge is -2.30. The number of aliphatic carboxylic acids is 1. The minimum atomic E-state index is -1.02. The second-order valence-corrected chi connectivity index (χ2v) is 8.58. The molecular formula is C30H22N2O5. The van der Waals surface area contributed by atoms with Crippen molar-refractivity contribution in [3.63, 3.8) is 0 Å². The molecule has 0 spiro atoms. The number of nitriles is 1. The summed E-state index contributed by atoms with van der Waals surface area (Å²) in [5.74, 6) is -1.33. The predicted molar refractivity (Wildman–Crippen MR) is 137 cm³/mol. The van der Waals surface area contributed by atoms with Crippen LogP contribution >= 0.6 is 0 Å². The predicted octanol–water partition coefficient (Wildman–Crippen LogP) is 5.83. The van der Waals surface area contributed by atoms with E-state index in [0.717, 1.165) is 11.1 Å². The SMILES string of the molecule is N#Cc1ccc2c(c1)C(C(=O)O)CC(Oc1ccc(C(=O)Nc3ccc(-c4ccccc4)cc3)cc1)O2. The quantitative estimate of drug-likeness (QED) is 0.352. The smallest absolute Gasteiger partial charge is 0.311 e. The molecular weight excluding hydrogens is 468 g/mol. The number of anilines is 1. The van der Waals surface area contributed by atoms with Gasteiger partial charge in [0.2, 0.25) is 6.29 Å². The summed E-state index contributed by atoms with van der Waals surface area (Å²) < 4.78 is 11.7. The van der Waals surface area contributed by atoms with Gasteiger partial charge in [0.25, 0.3) is 5.91 Å². The summed E-state index contributed by atoms with van der Waals surface area (Å²) >= 11 is 0. The number of ether oxygens (including phenoxy) is 2. The van der Waals surface area contributed by atoms with Gasteiger partial charge in [-0.1, -0.05) is 42.5 Å². The highest BCUT2D eigenvalue weighted by Gasteiger charge is 2.34. The summed E-state index contributed by atoms with van der Waals surface area (Å²) in [6.45, 7) is 0. The van der Waals surface area contributed by atoms with Gasteiger partial charge in [0.15, 0.2) is 0 Å². The molecule has 1 amide bonds. The van der Waals surface area contributed by atoms with Crippen LogP contribution in [-0.4, -0.2) is 23.3 Å². The summed E-state index contributed by atoms with van der Waals surface area (Å²) in [7, 11) is 0. The molecule has 2 unspecified atom stereocenters. The molecule has 0 aliphatic carbocycles. The Morgan fingerprint density at radius 3 is 2.30 bits per heavy atom. The molecule has 182 valence electrons. The highest BCUT2D eigenvalue weighted by Crippen LogP contribution is 2.38. The largest absolute Gasteiger partial charge is 0.481 e. The third-order valence-corrected chi connectivity index (χ3v) is 6.13. The van der Waals surface area contributed by atoms with E-state index in [-0.39, 0.29) is 12.3 Å². The zero-order valence-electron chi connectivity index (χ0n) is 19.6. The topological polar surface area (TPSA) is 109 Å². The van der Waals surface area contributed by atoms with Crippen LogP contribution in [0.4, 0.5) is 5.69 Å². The lowest BCUT2D eigenvalue weighted by Crippen LogP contribution is -2.33. The molecule has 5 rings (SSSR count). The van der Waals surface area contributed by atoms with Crippen molar-refractivity contribution >= 4 is 17.6 Å². The van der Waals surface area contributed by atoms with E-state index in [2.05, 4.69) is 5.32 Å². The summed E-state index contributed by atoms with van der Waals surface area (Å²) in [5.41, 5.74) is 4.11. The number of hydrogen-bond acceptors (Lipinski definition) is 5. The van der Waals surface area contributed by atoms with Crippen molar-refractivity contribution in [3.8, 4) is 28.7 Å². The Hall–Kier alpha value is -5.09. The first-order chi connectivity index (χ1) is 18.0. The molecule has 4 aromatic rings. The highest BCUT2D eigenvalue weighted by molar-refractivity contribution is 6.04. The van der Waals surface area contributed by atoms with Gasteiger partial charge in [-0.2, -0.15) is 5.26 Å². The number of carbonyl (C=O) groups is 2. The summed E-state index contributed by atoms with van der Waals surface area (Å²) in [4.78, 5) is 24.5. The average molecular weight is 491 g/mol. The van der Waals surface area contributed by atoms with Crippen LogP contribution in [0, 0.1) is 11.3 Å². The molecule has 7 nitrogen and oxygen atoms in total. The summed E-state index contributed by atoms with van der Waals surface area (Å²) in [6, 6.07) is 30.9. The minimum Gasteiger partial charge on any atom is -0.481 e. The molecule has 0 aromatic heterocycles. The fraction of sp³-hybridized carbons (Fsp3) is 0.100. The molecule has 2 atom stereocenters. The van der Waals surface area contributed by atoms with E-state index in [4.69, 9.17) is 14.7 Å². The van der Waals surface area contributed by atoms with E-state index < -0.39 is 18.2 Å². The second-order valence-electron chi connectivity index (χ2n) is 8.58. The molecule has 37 heavy (non-hydrogen) atoms. The number of hydrogen-bond donors (Lipinski definition) is 2. The van der Waals surface area contributed by atoms with E-state index >= 15 is 0 Å². The molecule has 1 heterocycles. The number of carboxylic acids is 1. The number of carboxylic acid groups (broad SMARTS) is 1. The minimum absolute atomic E-state index is 0.0818. The molecule has 2 N–H and O–H groups in total. The molecule has 1 aliphatic rings. The number of nitrogens with zero attached hydrogens (tertiary/aromatic N) is 1. The molecule has 7 heteroatoms. The molecule has 0 radical (unpaired) electrons. The van der Waals surface area contributed by atoms with Crippen molar-refractivity contribution in [2.24, 2.45) is 0 Å². The fourth-order valence-corrected chi connectivity index (χ4v) is 4.23. The molecule has 0 saturated heterocycles. The first-order valence-electron chi connectivity index (χ1n) is 11.7. The highest BCUT2D eigenvalue weighted by atomic mass is 16.7. The van der Waals surface area contributed by atoms with E-state index in [1.807, 2.05) is 60.7 Å². The molecule has 4 aromatic carbocycles. The molecule has 0 fully saturated rings. The maximum Gasteiger partial charge on any atom is 0.311 e. The van der Waals surface area contributed by atoms with Gasteiger partial charge in [-0.15, -0.1) is 0 Å². The lowest BCUT2D eigenvalue weighted by atomic mass is 9.91. The van der Waals surface area contributed by atoms with Crippen LogP contribution in [-0.2, 0) is 4.79 Å². The van der Waals surface area contributed by atoms with Gasteiger partial charge in [-0.05, 0) is 65.7 Å². The maximum absolute atomic E-state index is 12.7. The van der Waals surface area contributed by atoms with E-state index in [1.54, 1.807) is 36.4 Å². The molecule has 0 saturated carbocycles. The van der Waals surface area contributed by atoms with Crippen molar-refractivity contribution in [2.75, 3.05) is 5.32 Å². The van der Waals surface area contributed by atoms with Gasteiger partial charge in [0.05, 0.1) is 17.6 Å². The average Bonchev–Trinajstić information content (AvgIpc) is 2.93. The van der Waals surface area contributed by atoms with Crippen LogP contribution in [0.3, 0.4) is 0 Å². The van der Waals surface area contributed by atoms with E-state index in [0.29, 0.717) is 33.9 Å². The van der Waals surface area contributed by atoms with Crippen LogP contribution in [0.5, 0.6) is 11.5 Å². The van der Waals surface area contributed by atoms with Crippen molar-refractivity contribution in [2.45, 2.75) is 18.6 Å². The van der Waals surface area contributed by atoms with Crippen LogP contribution in [0.1, 0.15) is 33.8 Å². The Morgan fingerprint density at radius 1 is 0.919 bits per heavy atom. The Labute approximate surface area is 213 Å². The zero-order valence-corrected chi connectivity index (χ0v) is 19.6. The normalized spacial score (nSPS) is 16.0. The van der Waals surface area contributed by atoms with Crippen molar-refractivity contribution in [3.05, 3.63) is 114 Å². The van der Waals surface area contributed by atoms with Gasteiger partial charge >= 0.3 is 5.97 Å². The number of benzene rings is 4. The Bertz CT molecular complexity index is 1480. The third-order valence-electron chi connectivity index (χ3n) is 6.13. The van der Waals surface area contributed by atoms with Crippen LogP contribution in [0.15, 0.2) is 97.1 Å². The Balaban J connectivity index is 1.23. The van der Waals surface area contributed by atoms with Crippen molar-refractivity contribution in [1.29, 1.82) is 5.26 Å². The van der Waals surface area contributed by atoms with Gasteiger partial charge in [-0.3, -0.25) is 9.59 Å². The first kappa shape index (κ1) is 23.6. The van der Waals surface area contributed by atoms with Gasteiger partial charge < -0.3 is 19.9 Å². The monoisotopic (exact) mass is 490 g/mol. The second kappa shape index (κ2) is 10.3. The summed E-state index contributed by atoms with van der Waals surface area (Å²) in [6.07, 6.45) is -0.748. The van der Waals surface area contributed by atoms with Crippen LogP contribution < -0.4 is 14.8 Å². The number of amides is 1. The Morgan fingerprint density at radius 2 is 1.62 bits per heavy atom. The van der Waals surface area contributed by atoms with E-state index in [1.165, 1.54) is 6.07 Å². The number of nitrogens with one attached hydrogen (secondary N) is 1. The zero-order chi connectivity index (χ0) is 25.8. The molecule has 1 aliphatic heterocycles. The van der Waals surface area contributed by atoms with Crippen LogP contribution in [0.25, 0.3) is 11.1 Å².